The Hall–Kier alpha value is -1.29. The highest BCUT2D eigenvalue weighted by Crippen LogP contribution is 2.35. The van der Waals surface area contributed by atoms with E-state index in [9.17, 15) is 14.5 Å². The lowest BCUT2D eigenvalue weighted by Gasteiger charge is -2.16. The van der Waals surface area contributed by atoms with Crippen LogP contribution < -0.4 is 16.7 Å². The molecule has 112 valence electrons. The molecule has 0 bridgehead atoms. The molecule has 3 unspecified atom stereocenters. The van der Waals surface area contributed by atoms with Crippen molar-refractivity contribution in [1.29, 1.82) is 0 Å². The summed E-state index contributed by atoms with van der Waals surface area (Å²) in [6.07, 6.45) is -2.00. The van der Waals surface area contributed by atoms with Crippen LogP contribution in [0, 0.1) is 0 Å². The number of ether oxygens (including phenoxy) is 1. The molecule has 0 aromatic carbocycles. The predicted octanol–water partition coefficient (Wildman–Crippen LogP) is -2.73. The van der Waals surface area contributed by atoms with Gasteiger partial charge < -0.3 is 30.5 Å². The zero-order valence-corrected chi connectivity index (χ0v) is 11.1. The summed E-state index contributed by atoms with van der Waals surface area (Å²) in [6, 6.07) is 0. The number of nitrogens with two attached hydrogens (primary N) is 1. The molecular weight excluding hydrogens is 293 g/mol. The summed E-state index contributed by atoms with van der Waals surface area (Å²) in [6.45, 7) is -0.444. The van der Waals surface area contributed by atoms with Crippen LogP contribution in [0.25, 0.3) is 0 Å². The van der Waals surface area contributed by atoms with Crippen LogP contribution in [-0.2, 0) is 9.30 Å². The first-order valence-electron chi connectivity index (χ1n) is 5.63. The average molecular weight is 307 g/mol. The van der Waals surface area contributed by atoms with Gasteiger partial charge in [-0.2, -0.15) is 4.98 Å². The summed E-state index contributed by atoms with van der Waals surface area (Å²) in [5, 5.41) is 18.0. The van der Waals surface area contributed by atoms with Gasteiger partial charge in [0.05, 0.1) is 12.7 Å². The molecular formula is C9H14N3O7P. The normalized spacial score (nSPS) is 26.9. The van der Waals surface area contributed by atoms with Crippen LogP contribution in [0.5, 0.6) is 0 Å². The SMILES string of the molecule is Nc1nc(=O)n(C2CC(O)C(CO)O2)cc1P(=O)(O)O. The zero-order chi connectivity index (χ0) is 15.1. The minimum atomic E-state index is -4.69. The van der Waals surface area contributed by atoms with E-state index in [1.807, 2.05) is 0 Å². The fourth-order valence-electron chi connectivity index (χ4n) is 1.95. The number of aromatic nitrogens is 2. The van der Waals surface area contributed by atoms with Gasteiger partial charge in [0.2, 0.25) is 0 Å². The van der Waals surface area contributed by atoms with Crippen molar-refractivity contribution in [2.45, 2.75) is 24.9 Å². The molecule has 1 aromatic heterocycles. The molecule has 1 fully saturated rings. The van der Waals surface area contributed by atoms with E-state index in [4.69, 9.17) is 25.4 Å². The molecule has 0 aliphatic carbocycles. The van der Waals surface area contributed by atoms with Crippen LogP contribution in [0.3, 0.4) is 0 Å². The Labute approximate surface area is 112 Å². The summed E-state index contributed by atoms with van der Waals surface area (Å²) in [7, 11) is -4.69. The van der Waals surface area contributed by atoms with Crippen molar-refractivity contribution in [3.8, 4) is 0 Å². The lowest BCUT2D eigenvalue weighted by atomic mass is 10.2. The Balaban J connectivity index is 2.43. The van der Waals surface area contributed by atoms with Crippen LogP contribution in [0.1, 0.15) is 12.6 Å². The monoisotopic (exact) mass is 307 g/mol. The molecule has 10 nitrogen and oxygen atoms in total. The number of rotatable bonds is 3. The Bertz CT molecular complexity index is 612. The molecule has 3 atom stereocenters. The maximum Gasteiger partial charge on any atom is 0.361 e. The van der Waals surface area contributed by atoms with Crippen LogP contribution in [0.4, 0.5) is 5.82 Å². The third kappa shape index (κ3) is 2.75. The molecule has 20 heavy (non-hydrogen) atoms. The summed E-state index contributed by atoms with van der Waals surface area (Å²) >= 11 is 0. The fraction of sp³-hybridized carbons (Fsp3) is 0.556. The van der Waals surface area contributed by atoms with Gasteiger partial charge in [0, 0.05) is 12.6 Å². The average Bonchev–Trinajstić information content (AvgIpc) is 2.68. The standard InChI is InChI=1S/C9H14N3O7P/c10-8-6(20(16,17)18)2-12(9(15)11-8)7-1-4(14)5(3-13)19-7/h2,4-5,7,13-14H,1,3H2,(H2,10,11,15)(H2,16,17,18). The molecule has 0 radical (unpaired) electrons. The van der Waals surface area contributed by atoms with Gasteiger partial charge >= 0.3 is 13.3 Å². The molecule has 0 amide bonds. The molecule has 1 aliphatic heterocycles. The number of aliphatic hydroxyl groups excluding tert-OH is 2. The highest BCUT2D eigenvalue weighted by molar-refractivity contribution is 7.60. The number of hydrogen-bond acceptors (Lipinski definition) is 7. The smallest absolute Gasteiger partial charge is 0.361 e. The van der Waals surface area contributed by atoms with Crippen molar-refractivity contribution < 1.29 is 29.3 Å². The van der Waals surface area contributed by atoms with E-state index in [1.165, 1.54) is 0 Å². The minimum Gasteiger partial charge on any atom is -0.394 e. The molecule has 2 heterocycles. The first kappa shape index (κ1) is 15.1. The van der Waals surface area contributed by atoms with E-state index in [0.717, 1.165) is 10.8 Å². The van der Waals surface area contributed by atoms with Crippen molar-refractivity contribution in [1.82, 2.24) is 9.55 Å². The Morgan fingerprint density at radius 3 is 2.70 bits per heavy atom. The van der Waals surface area contributed by atoms with Gasteiger partial charge in [-0.1, -0.05) is 0 Å². The molecule has 0 spiro atoms. The second-order valence-electron chi connectivity index (χ2n) is 4.36. The summed E-state index contributed by atoms with van der Waals surface area (Å²) in [5.41, 5.74) is 4.44. The van der Waals surface area contributed by atoms with E-state index in [0.29, 0.717) is 0 Å². The number of nitrogen functional groups attached to an aromatic ring is 1. The molecule has 1 aromatic rings. The molecule has 1 saturated heterocycles. The second-order valence-corrected chi connectivity index (χ2v) is 5.93. The van der Waals surface area contributed by atoms with Crippen molar-refractivity contribution in [3.05, 3.63) is 16.7 Å². The number of hydrogen-bond donors (Lipinski definition) is 5. The predicted molar refractivity (Wildman–Crippen MR) is 66.2 cm³/mol. The number of aliphatic hydroxyl groups is 2. The van der Waals surface area contributed by atoms with Gasteiger partial charge in [-0.05, 0) is 0 Å². The van der Waals surface area contributed by atoms with Crippen molar-refractivity contribution in [3.63, 3.8) is 0 Å². The zero-order valence-electron chi connectivity index (χ0n) is 10.2. The lowest BCUT2D eigenvalue weighted by Crippen LogP contribution is -2.32. The largest absolute Gasteiger partial charge is 0.394 e. The molecule has 11 heteroatoms. The topological polar surface area (TPSA) is 168 Å². The molecule has 6 N–H and O–H groups in total. The summed E-state index contributed by atoms with van der Waals surface area (Å²) in [5.74, 6) is -0.558. The Morgan fingerprint density at radius 1 is 1.55 bits per heavy atom. The van der Waals surface area contributed by atoms with Crippen molar-refractivity contribution >= 4 is 18.7 Å². The minimum absolute atomic E-state index is 0.0165. The highest BCUT2D eigenvalue weighted by atomic mass is 31.2. The van der Waals surface area contributed by atoms with Gasteiger partial charge in [0.1, 0.15) is 23.5 Å². The summed E-state index contributed by atoms with van der Waals surface area (Å²) in [4.78, 5) is 33.3. The lowest BCUT2D eigenvalue weighted by molar-refractivity contribution is -0.0457. The Morgan fingerprint density at radius 2 is 2.20 bits per heavy atom. The van der Waals surface area contributed by atoms with Gasteiger partial charge in [-0.3, -0.25) is 9.13 Å². The van der Waals surface area contributed by atoms with Gasteiger partial charge in [0.25, 0.3) is 0 Å². The van der Waals surface area contributed by atoms with Crippen LogP contribution >= 0.6 is 7.60 Å². The van der Waals surface area contributed by atoms with Crippen molar-refractivity contribution in [2.24, 2.45) is 0 Å². The maximum absolute atomic E-state index is 11.7. The van der Waals surface area contributed by atoms with E-state index in [1.54, 1.807) is 0 Å². The second kappa shape index (κ2) is 5.24. The molecule has 2 rings (SSSR count). The van der Waals surface area contributed by atoms with Crippen LogP contribution in [0.15, 0.2) is 11.0 Å². The maximum atomic E-state index is 11.7. The van der Waals surface area contributed by atoms with E-state index < -0.39 is 49.5 Å². The van der Waals surface area contributed by atoms with Gasteiger partial charge in [-0.25, -0.2) is 4.79 Å². The molecule has 0 saturated carbocycles. The van der Waals surface area contributed by atoms with E-state index in [-0.39, 0.29) is 6.42 Å². The highest BCUT2D eigenvalue weighted by Gasteiger charge is 2.36. The van der Waals surface area contributed by atoms with E-state index >= 15 is 0 Å². The molecule has 1 aliphatic rings. The first-order chi connectivity index (χ1) is 9.24. The van der Waals surface area contributed by atoms with Crippen LogP contribution in [0.2, 0.25) is 0 Å². The Kier molecular flexibility index (Phi) is 3.96. The number of anilines is 1. The van der Waals surface area contributed by atoms with Crippen molar-refractivity contribution in [2.75, 3.05) is 12.3 Å². The first-order valence-corrected chi connectivity index (χ1v) is 7.24. The fourth-order valence-corrected chi connectivity index (χ4v) is 2.58. The summed E-state index contributed by atoms with van der Waals surface area (Å²) < 4.78 is 17.3. The van der Waals surface area contributed by atoms with Crippen LogP contribution in [-0.4, -0.2) is 48.4 Å². The quantitative estimate of drug-likeness (QED) is 0.372. The third-order valence-electron chi connectivity index (χ3n) is 2.97. The third-order valence-corrected chi connectivity index (χ3v) is 3.94. The van der Waals surface area contributed by atoms with E-state index in [2.05, 4.69) is 4.98 Å². The van der Waals surface area contributed by atoms with Gasteiger partial charge in [-0.15, -0.1) is 0 Å². The van der Waals surface area contributed by atoms with Gasteiger partial charge in [0.15, 0.2) is 0 Å². The number of nitrogens with zero attached hydrogens (tertiary/aromatic N) is 2.